The van der Waals surface area contributed by atoms with E-state index < -0.39 is 6.10 Å². The van der Waals surface area contributed by atoms with E-state index in [1.165, 1.54) is 18.9 Å². The van der Waals surface area contributed by atoms with Crippen LogP contribution in [0.4, 0.5) is 0 Å². The minimum absolute atomic E-state index is 0.0262. The summed E-state index contributed by atoms with van der Waals surface area (Å²) in [5, 5.41) is 19.8. The average molecular weight is 439 g/mol. The number of ether oxygens (including phenoxy) is 1. The first kappa shape index (κ1) is 24.0. The number of carbonyl (C=O) groups excluding carboxylic acids is 2. The monoisotopic (exact) mass is 438 g/mol. The molecule has 160 valence electrons. The molecule has 2 N–H and O–H groups in total. The van der Waals surface area contributed by atoms with Crippen molar-refractivity contribution in [2.75, 3.05) is 31.0 Å². The molecule has 1 aromatic carbocycles. The summed E-state index contributed by atoms with van der Waals surface area (Å²) >= 11 is 3.15. The van der Waals surface area contributed by atoms with Crippen LogP contribution in [0.2, 0.25) is 0 Å². The number of aliphatic hydroxyl groups is 2. The lowest BCUT2D eigenvalue weighted by Crippen LogP contribution is -2.21. The van der Waals surface area contributed by atoms with Gasteiger partial charge in [0.2, 0.25) is 0 Å². The number of ketones is 1. The predicted octanol–water partition coefficient (Wildman–Crippen LogP) is 2.74. The van der Waals surface area contributed by atoms with Crippen LogP contribution in [0.25, 0.3) is 0 Å². The molecule has 4 atom stereocenters. The van der Waals surface area contributed by atoms with Crippen LogP contribution in [-0.4, -0.2) is 64.3 Å². The van der Waals surface area contributed by atoms with Gasteiger partial charge in [-0.2, -0.15) is 11.8 Å². The Hall–Kier alpha value is -1.28. The second-order valence-electron chi connectivity index (χ2n) is 7.11. The summed E-state index contributed by atoms with van der Waals surface area (Å²) in [7, 11) is 1.38. The Morgan fingerprint density at radius 1 is 1.31 bits per heavy atom. The molecular weight excluding hydrogens is 408 g/mol. The molecule has 1 unspecified atom stereocenters. The van der Waals surface area contributed by atoms with Crippen LogP contribution in [0.15, 0.2) is 42.5 Å². The standard InChI is InChI=1S/C22H30O5S2/c1-27-21(26)15-28-10-5-11-29-22-19(17(14-23)13-20(22)25)9-8-18(24)12-16-6-3-2-4-7-16/h2-4,6-9,17-19,22-24H,5,10-15H2,1H3/b9-8+/t17-,18?,19-,22+/m0/s1. The van der Waals surface area contributed by atoms with E-state index >= 15 is 0 Å². The van der Waals surface area contributed by atoms with E-state index in [4.69, 9.17) is 0 Å². The lowest BCUT2D eigenvalue weighted by molar-refractivity contribution is -0.137. The Balaban J connectivity index is 1.84. The molecule has 0 bridgehead atoms. The van der Waals surface area contributed by atoms with E-state index in [1.54, 1.807) is 17.8 Å². The molecule has 0 amide bonds. The van der Waals surface area contributed by atoms with E-state index in [1.807, 2.05) is 36.4 Å². The second kappa shape index (κ2) is 13.1. The van der Waals surface area contributed by atoms with Gasteiger partial charge in [0, 0.05) is 25.4 Å². The molecular formula is C22H30O5S2. The Morgan fingerprint density at radius 3 is 2.76 bits per heavy atom. The first-order valence-electron chi connectivity index (χ1n) is 9.85. The third kappa shape index (κ3) is 8.16. The first-order chi connectivity index (χ1) is 14.0. The Morgan fingerprint density at radius 2 is 2.07 bits per heavy atom. The average Bonchev–Trinajstić information content (AvgIpc) is 3.04. The van der Waals surface area contributed by atoms with E-state index in [9.17, 15) is 19.8 Å². The van der Waals surface area contributed by atoms with Crippen molar-refractivity contribution in [2.45, 2.75) is 30.6 Å². The van der Waals surface area contributed by atoms with Crippen molar-refractivity contribution >= 4 is 35.3 Å². The Bertz CT molecular complexity index is 664. The predicted molar refractivity (Wildman–Crippen MR) is 119 cm³/mol. The van der Waals surface area contributed by atoms with Crippen molar-refractivity contribution in [3.05, 3.63) is 48.0 Å². The maximum atomic E-state index is 12.4. The fourth-order valence-electron chi connectivity index (χ4n) is 3.39. The highest BCUT2D eigenvalue weighted by atomic mass is 32.2. The Kier molecular flexibility index (Phi) is 10.8. The SMILES string of the molecule is COC(=O)CSCCCS[C@H]1C(=O)C[C@@H](CO)[C@@H]1/C=C/C(O)Cc1ccccc1. The smallest absolute Gasteiger partial charge is 0.315 e. The second-order valence-corrected chi connectivity index (χ2v) is 9.46. The molecule has 1 aliphatic rings. The molecule has 0 spiro atoms. The van der Waals surface area contributed by atoms with Crippen LogP contribution < -0.4 is 0 Å². The summed E-state index contributed by atoms with van der Waals surface area (Å²) < 4.78 is 4.61. The topological polar surface area (TPSA) is 83.8 Å². The van der Waals surface area contributed by atoms with Gasteiger partial charge in [-0.3, -0.25) is 9.59 Å². The fourth-order valence-corrected chi connectivity index (χ4v) is 5.73. The summed E-state index contributed by atoms with van der Waals surface area (Å²) in [6.45, 7) is -0.0262. The molecule has 2 rings (SSSR count). The van der Waals surface area contributed by atoms with Gasteiger partial charge in [-0.1, -0.05) is 42.5 Å². The number of esters is 1. The number of methoxy groups -OCH3 is 1. The van der Waals surface area contributed by atoms with Gasteiger partial charge < -0.3 is 14.9 Å². The lowest BCUT2D eigenvalue weighted by Gasteiger charge is -2.19. The quantitative estimate of drug-likeness (QED) is 0.295. The van der Waals surface area contributed by atoms with E-state index in [0.717, 1.165) is 23.5 Å². The van der Waals surface area contributed by atoms with Crippen LogP contribution >= 0.6 is 23.5 Å². The van der Waals surface area contributed by atoms with Crippen LogP contribution in [0.3, 0.4) is 0 Å². The number of hydrogen-bond donors (Lipinski definition) is 2. The number of benzene rings is 1. The highest BCUT2D eigenvalue weighted by Gasteiger charge is 2.40. The van der Waals surface area contributed by atoms with Crippen molar-refractivity contribution in [3.8, 4) is 0 Å². The number of thioether (sulfide) groups is 2. The number of carbonyl (C=O) groups is 2. The van der Waals surface area contributed by atoms with Crippen LogP contribution in [0.5, 0.6) is 0 Å². The van der Waals surface area contributed by atoms with Gasteiger partial charge in [-0.05, 0) is 29.4 Å². The molecule has 0 aromatic heterocycles. The largest absolute Gasteiger partial charge is 0.468 e. The highest BCUT2D eigenvalue weighted by Crippen LogP contribution is 2.38. The molecule has 5 nitrogen and oxygen atoms in total. The van der Waals surface area contributed by atoms with Crippen molar-refractivity contribution < 1.29 is 24.5 Å². The zero-order valence-corrected chi connectivity index (χ0v) is 18.4. The maximum Gasteiger partial charge on any atom is 0.315 e. The van der Waals surface area contributed by atoms with Crippen LogP contribution in [0.1, 0.15) is 18.4 Å². The first-order valence-corrected chi connectivity index (χ1v) is 12.1. The summed E-state index contributed by atoms with van der Waals surface area (Å²) in [5.74, 6) is 1.80. The van der Waals surface area contributed by atoms with Gasteiger partial charge in [0.1, 0.15) is 5.78 Å². The fraction of sp³-hybridized carbons (Fsp3) is 0.545. The molecule has 29 heavy (non-hydrogen) atoms. The summed E-state index contributed by atoms with van der Waals surface area (Å²) in [4.78, 5) is 23.5. The molecule has 0 saturated heterocycles. The zero-order valence-electron chi connectivity index (χ0n) is 16.7. The lowest BCUT2D eigenvalue weighted by atomic mass is 9.95. The van der Waals surface area contributed by atoms with Crippen LogP contribution in [0, 0.1) is 11.8 Å². The number of Topliss-reactive ketones (excluding diaryl/α,β-unsaturated/α-hetero) is 1. The third-order valence-corrected chi connectivity index (χ3v) is 7.41. The highest BCUT2D eigenvalue weighted by molar-refractivity contribution is 8.01. The molecule has 0 radical (unpaired) electrons. The van der Waals surface area contributed by atoms with Crippen molar-refractivity contribution in [1.29, 1.82) is 0 Å². The van der Waals surface area contributed by atoms with Gasteiger partial charge in [0.25, 0.3) is 0 Å². The minimum atomic E-state index is -0.618. The minimum Gasteiger partial charge on any atom is -0.468 e. The van der Waals surface area contributed by atoms with Crippen molar-refractivity contribution in [2.24, 2.45) is 11.8 Å². The summed E-state index contributed by atoms with van der Waals surface area (Å²) in [6, 6.07) is 9.78. The number of allylic oxidation sites excluding steroid dienone is 1. The normalized spacial score (nSPS) is 22.9. The van der Waals surface area contributed by atoms with E-state index in [-0.39, 0.29) is 35.4 Å². The zero-order chi connectivity index (χ0) is 21.1. The van der Waals surface area contributed by atoms with Gasteiger partial charge in [0.05, 0.1) is 24.2 Å². The van der Waals surface area contributed by atoms with E-state index in [2.05, 4.69) is 4.74 Å². The van der Waals surface area contributed by atoms with Crippen molar-refractivity contribution in [3.63, 3.8) is 0 Å². The molecule has 1 aliphatic carbocycles. The number of aliphatic hydroxyl groups excluding tert-OH is 2. The summed E-state index contributed by atoms with van der Waals surface area (Å²) in [6.07, 6.45) is 4.87. The van der Waals surface area contributed by atoms with Gasteiger partial charge in [0.15, 0.2) is 0 Å². The molecule has 0 heterocycles. The Labute approximate surface area is 181 Å². The molecule has 1 saturated carbocycles. The van der Waals surface area contributed by atoms with Gasteiger partial charge >= 0.3 is 5.97 Å². The summed E-state index contributed by atoms with van der Waals surface area (Å²) in [5.41, 5.74) is 1.06. The van der Waals surface area contributed by atoms with Gasteiger partial charge in [-0.15, -0.1) is 11.8 Å². The molecule has 7 heteroatoms. The maximum absolute atomic E-state index is 12.4. The molecule has 1 fully saturated rings. The third-order valence-electron chi connectivity index (χ3n) is 4.93. The molecule has 0 aliphatic heterocycles. The number of rotatable bonds is 12. The van der Waals surface area contributed by atoms with Crippen LogP contribution in [-0.2, 0) is 20.7 Å². The van der Waals surface area contributed by atoms with E-state index in [0.29, 0.717) is 18.6 Å². The molecule has 1 aromatic rings. The number of hydrogen-bond acceptors (Lipinski definition) is 7. The van der Waals surface area contributed by atoms with Crippen molar-refractivity contribution in [1.82, 2.24) is 0 Å². The van der Waals surface area contributed by atoms with Gasteiger partial charge in [-0.25, -0.2) is 0 Å².